The Bertz CT molecular complexity index is 1220. The van der Waals surface area contributed by atoms with Crippen molar-refractivity contribution in [3.05, 3.63) is 74.5 Å². The van der Waals surface area contributed by atoms with E-state index >= 15 is 0 Å². The normalized spacial score (nSPS) is 11.0. The van der Waals surface area contributed by atoms with Crippen LogP contribution < -0.4 is 5.56 Å². The van der Waals surface area contributed by atoms with Gasteiger partial charge in [0.25, 0.3) is 5.56 Å². The molecule has 8 nitrogen and oxygen atoms in total. The van der Waals surface area contributed by atoms with E-state index in [4.69, 9.17) is 17.3 Å². The highest BCUT2D eigenvalue weighted by molar-refractivity contribution is 7.71. The molecule has 0 fully saturated rings. The van der Waals surface area contributed by atoms with Crippen molar-refractivity contribution in [1.29, 1.82) is 0 Å². The number of rotatable bonds is 4. The lowest BCUT2D eigenvalue weighted by molar-refractivity contribution is 0.0694. The summed E-state index contributed by atoms with van der Waals surface area (Å²) in [4.78, 5) is 29.4. The molecule has 0 radical (unpaired) electrons. The molecule has 1 aromatic heterocycles. The Labute approximate surface area is 161 Å². The average Bonchev–Trinajstić information content (AvgIpc) is 2.62. The van der Waals surface area contributed by atoms with Gasteiger partial charge in [0.05, 0.1) is 11.4 Å². The smallest absolute Gasteiger partial charge is 0.339 e. The zero-order valence-electron chi connectivity index (χ0n) is 14.0. The van der Waals surface area contributed by atoms with Crippen LogP contribution in [0.5, 0.6) is 11.6 Å². The van der Waals surface area contributed by atoms with Crippen molar-refractivity contribution in [3.8, 4) is 17.3 Å². The van der Waals surface area contributed by atoms with Gasteiger partial charge in [-0.2, -0.15) is 0 Å². The summed E-state index contributed by atoms with van der Waals surface area (Å²) in [6.07, 6.45) is 1.04. The summed E-state index contributed by atoms with van der Waals surface area (Å²) in [6, 6.07) is 8.64. The third kappa shape index (κ3) is 3.67. The molecule has 0 aliphatic carbocycles. The minimum absolute atomic E-state index is 0.102. The molecule has 10 heteroatoms. The van der Waals surface area contributed by atoms with Gasteiger partial charge in [-0.15, -0.1) is 0 Å². The number of carboxylic acid groups (broad SMARTS) is 1. The van der Waals surface area contributed by atoms with Crippen molar-refractivity contribution in [2.45, 2.75) is 0 Å². The summed E-state index contributed by atoms with van der Waals surface area (Å²) < 4.78 is 14.2. The predicted molar refractivity (Wildman–Crippen MR) is 101 cm³/mol. The third-order valence-electron chi connectivity index (χ3n) is 3.76. The molecule has 0 saturated carbocycles. The summed E-state index contributed by atoms with van der Waals surface area (Å²) in [5.74, 6) is -2.80. The van der Waals surface area contributed by atoms with E-state index in [0.29, 0.717) is 5.69 Å². The number of H-pyrrole nitrogens is 1. The van der Waals surface area contributed by atoms with E-state index in [9.17, 15) is 24.2 Å². The van der Waals surface area contributed by atoms with Crippen LogP contribution in [-0.2, 0) is 0 Å². The van der Waals surface area contributed by atoms with Crippen LogP contribution in [0.2, 0.25) is 0 Å². The van der Waals surface area contributed by atoms with Crippen molar-refractivity contribution >= 4 is 30.1 Å². The lowest BCUT2D eigenvalue weighted by atomic mass is 10.2. The van der Waals surface area contributed by atoms with Crippen molar-refractivity contribution < 1.29 is 24.5 Å². The van der Waals surface area contributed by atoms with Gasteiger partial charge in [0.2, 0.25) is 5.88 Å². The first kappa shape index (κ1) is 19.0. The molecule has 4 N–H and O–H groups in total. The second kappa shape index (κ2) is 7.45. The number of aromatic carboxylic acids is 1. The van der Waals surface area contributed by atoms with Crippen molar-refractivity contribution in [1.82, 2.24) is 9.55 Å². The van der Waals surface area contributed by atoms with Crippen LogP contribution in [-0.4, -0.2) is 37.1 Å². The van der Waals surface area contributed by atoms with Crippen LogP contribution >= 0.6 is 12.2 Å². The van der Waals surface area contributed by atoms with Gasteiger partial charge in [0.1, 0.15) is 22.7 Å². The largest absolute Gasteiger partial charge is 0.507 e. The van der Waals surface area contributed by atoms with E-state index in [0.717, 1.165) is 22.9 Å². The standard InChI is InChI=1S/C18H12FN3O5S/c19-9-1-4-11(5-2-9)22-16(25)13(15(24)21-18(22)28)8-20-10-3-6-12(17(26)27)14(23)7-10/h1-8,23,25H,(H,26,27)(H,21,24,28). The average molecular weight is 401 g/mol. The molecule has 142 valence electrons. The zero-order valence-corrected chi connectivity index (χ0v) is 14.8. The predicted octanol–water partition coefficient (Wildman–Crippen LogP) is 2.89. The first-order chi connectivity index (χ1) is 13.3. The number of nitrogens with zero attached hydrogens (tertiary/aromatic N) is 2. The van der Waals surface area contributed by atoms with Crippen LogP contribution in [0.15, 0.2) is 52.3 Å². The van der Waals surface area contributed by atoms with E-state index < -0.39 is 29.0 Å². The highest BCUT2D eigenvalue weighted by Crippen LogP contribution is 2.24. The van der Waals surface area contributed by atoms with Crippen LogP contribution in [0.25, 0.3) is 5.69 Å². The van der Waals surface area contributed by atoms with E-state index in [1.165, 1.54) is 30.3 Å². The molecule has 0 unspecified atom stereocenters. The molecular formula is C18H12FN3O5S. The fourth-order valence-electron chi connectivity index (χ4n) is 2.40. The maximum atomic E-state index is 13.1. The molecule has 0 aliphatic heterocycles. The summed E-state index contributed by atoms with van der Waals surface area (Å²) in [5.41, 5.74) is -0.782. The SMILES string of the molecule is O=C(O)c1ccc(N=Cc2c(O)n(-c3ccc(F)cc3)c(=S)[nH]c2=O)cc1O. The number of aliphatic imine (C=N–C) groups is 1. The Balaban J connectivity index is 2.06. The summed E-state index contributed by atoms with van der Waals surface area (Å²) in [6.45, 7) is 0. The van der Waals surface area contributed by atoms with E-state index in [1.807, 2.05) is 0 Å². The lowest BCUT2D eigenvalue weighted by Crippen LogP contribution is -2.18. The van der Waals surface area contributed by atoms with Gasteiger partial charge < -0.3 is 15.3 Å². The number of phenols is 1. The molecule has 0 atom stereocenters. The monoisotopic (exact) mass is 401 g/mol. The molecule has 0 saturated heterocycles. The molecule has 1 heterocycles. The minimum Gasteiger partial charge on any atom is -0.507 e. The number of halogens is 1. The van der Waals surface area contributed by atoms with Crippen molar-refractivity contribution in [2.24, 2.45) is 4.99 Å². The summed E-state index contributed by atoms with van der Waals surface area (Å²) in [7, 11) is 0. The Morgan fingerprint density at radius 3 is 2.46 bits per heavy atom. The van der Waals surface area contributed by atoms with E-state index in [2.05, 4.69) is 9.98 Å². The fraction of sp³-hybridized carbons (Fsp3) is 0. The Hall–Kier alpha value is -3.79. The van der Waals surface area contributed by atoms with Crippen LogP contribution in [0, 0.1) is 10.6 Å². The summed E-state index contributed by atoms with van der Waals surface area (Å²) in [5, 5.41) is 29.1. The molecule has 28 heavy (non-hydrogen) atoms. The number of nitrogens with one attached hydrogen (secondary N) is 1. The van der Waals surface area contributed by atoms with Crippen LogP contribution in [0.4, 0.5) is 10.1 Å². The first-order valence-corrected chi connectivity index (χ1v) is 8.13. The number of carbonyl (C=O) groups is 1. The second-order valence-electron chi connectivity index (χ2n) is 5.57. The quantitative estimate of drug-likeness (QED) is 0.393. The Kier molecular flexibility index (Phi) is 5.05. The number of benzene rings is 2. The van der Waals surface area contributed by atoms with E-state index in [-0.39, 0.29) is 21.6 Å². The Morgan fingerprint density at radius 2 is 1.86 bits per heavy atom. The minimum atomic E-state index is -1.30. The molecule has 0 aliphatic rings. The lowest BCUT2D eigenvalue weighted by Gasteiger charge is -2.11. The zero-order chi connectivity index (χ0) is 20.4. The number of hydrogen-bond donors (Lipinski definition) is 4. The number of hydrogen-bond acceptors (Lipinski definition) is 6. The molecular weight excluding hydrogens is 389 g/mol. The second-order valence-corrected chi connectivity index (χ2v) is 5.96. The Morgan fingerprint density at radius 1 is 1.18 bits per heavy atom. The van der Waals surface area contributed by atoms with Crippen LogP contribution in [0.3, 0.4) is 0 Å². The van der Waals surface area contributed by atoms with Gasteiger partial charge in [-0.3, -0.25) is 19.3 Å². The molecule has 0 amide bonds. The number of aromatic nitrogens is 2. The van der Waals surface area contributed by atoms with Crippen molar-refractivity contribution in [2.75, 3.05) is 0 Å². The summed E-state index contributed by atoms with van der Waals surface area (Å²) >= 11 is 5.06. The molecule has 3 rings (SSSR count). The molecule has 2 aromatic carbocycles. The van der Waals surface area contributed by atoms with Gasteiger partial charge in [0, 0.05) is 12.3 Å². The number of aromatic hydroxyl groups is 2. The topological polar surface area (TPSA) is 128 Å². The highest BCUT2D eigenvalue weighted by Gasteiger charge is 2.13. The van der Waals surface area contributed by atoms with Gasteiger partial charge in [-0.05, 0) is 48.6 Å². The van der Waals surface area contributed by atoms with Gasteiger partial charge in [-0.1, -0.05) is 0 Å². The number of aromatic amines is 1. The molecule has 0 bridgehead atoms. The first-order valence-electron chi connectivity index (χ1n) is 7.72. The van der Waals surface area contributed by atoms with E-state index in [1.54, 1.807) is 0 Å². The molecule has 3 aromatic rings. The maximum absolute atomic E-state index is 13.1. The maximum Gasteiger partial charge on any atom is 0.339 e. The molecule has 0 spiro atoms. The van der Waals surface area contributed by atoms with Gasteiger partial charge >= 0.3 is 5.97 Å². The third-order valence-corrected chi connectivity index (χ3v) is 4.04. The van der Waals surface area contributed by atoms with Crippen LogP contribution in [0.1, 0.15) is 15.9 Å². The number of carboxylic acids is 1. The fourth-order valence-corrected chi connectivity index (χ4v) is 2.69. The van der Waals surface area contributed by atoms with Gasteiger partial charge in [0.15, 0.2) is 4.77 Å². The highest BCUT2D eigenvalue weighted by atomic mass is 32.1. The van der Waals surface area contributed by atoms with Gasteiger partial charge in [-0.25, -0.2) is 9.18 Å². The van der Waals surface area contributed by atoms with Crippen molar-refractivity contribution in [3.63, 3.8) is 0 Å².